The average molecular weight is 416 g/mol. The number of rotatable bonds is 5. The first-order chi connectivity index (χ1) is 14.4. The standard InChI is InChI=1S/C22H26F2N4O2/c1-14-9-20-26-19(16-3-5-18(6-4-16)30-22(23)24)10-21(29)28(20)13-17(14)12-27-8-7-25-15(2)11-27/h3-6,10,13-15,22,25H,7-9,11-12H2,1-2H3/t14?,15-/m0/s1. The molecule has 2 aliphatic heterocycles. The number of piperazine rings is 1. The Labute approximate surface area is 174 Å². The van der Waals surface area contributed by atoms with E-state index in [-0.39, 0.29) is 11.3 Å². The van der Waals surface area contributed by atoms with Crippen LogP contribution in [0.4, 0.5) is 8.78 Å². The molecule has 1 unspecified atom stereocenters. The summed E-state index contributed by atoms with van der Waals surface area (Å²) in [6.45, 7) is 5.30. The number of fused-ring (bicyclic) bond motifs is 1. The van der Waals surface area contributed by atoms with Crippen molar-refractivity contribution in [2.75, 3.05) is 26.2 Å². The van der Waals surface area contributed by atoms with Gasteiger partial charge in [-0.15, -0.1) is 0 Å². The van der Waals surface area contributed by atoms with Gasteiger partial charge in [-0.1, -0.05) is 6.92 Å². The van der Waals surface area contributed by atoms with Crippen LogP contribution in [0.2, 0.25) is 0 Å². The molecule has 4 rings (SSSR count). The third-order valence-corrected chi connectivity index (χ3v) is 5.68. The van der Waals surface area contributed by atoms with Gasteiger partial charge in [-0.2, -0.15) is 8.78 Å². The van der Waals surface area contributed by atoms with E-state index in [1.165, 1.54) is 23.8 Å². The molecule has 1 fully saturated rings. The molecule has 1 saturated heterocycles. The van der Waals surface area contributed by atoms with Crippen molar-refractivity contribution in [1.29, 1.82) is 0 Å². The Bertz CT molecular complexity index is 988. The molecule has 2 atom stereocenters. The molecule has 0 saturated carbocycles. The van der Waals surface area contributed by atoms with Crippen LogP contribution >= 0.6 is 0 Å². The first-order valence-electron chi connectivity index (χ1n) is 10.2. The van der Waals surface area contributed by atoms with Crippen molar-refractivity contribution in [2.45, 2.75) is 32.9 Å². The molecule has 6 nitrogen and oxygen atoms in total. The van der Waals surface area contributed by atoms with Gasteiger partial charge in [-0.05, 0) is 42.7 Å². The third kappa shape index (κ3) is 4.60. The Hall–Kier alpha value is -2.58. The predicted octanol–water partition coefficient (Wildman–Crippen LogP) is 2.84. The maximum Gasteiger partial charge on any atom is 0.387 e. The second-order valence-electron chi connectivity index (χ2n) is 8.07. The van der Waals surface area contributed by atoms with Crippen molar-refractivity contribution in [3.05, 3.63) is 52.1 Å². The number of ether oxygens (including phenoxy) is 1. The summed E-state index contributed by atoms with van der Waals surface area (Å²) in [6.07, 6.45) is 2.62. The monoisotopic (exact) mass is 416 g/mol. The number of nitrogens with one attached hydrogen (secondary N) is 1. The lowest BCUT2D eigenvalue weighted by Crippen LogP contribution is -2.50. The Balaban J connectivity index is 1.57. The molecule has 30 heavy (non-hydrogen) atoms. The maximum absolute atomic E-state index is 12.8. The fourth-order valence-electron chi connectivity index (χ4n) is 4.08. The number of alkyl halides is 2. The number of hydrogen-bond acceptors (Lipinski definition) is 5. The summed E-state index contributed by atoms with van der Waals surface area (Å²) in [4.78, 5) is 19.9. The number of halogens is 2. The predicted molar refractivity (Wildman–Crippen MR) is 112 cm³/mol. The van der Waals surface area contributed by atoms with Crippen LogP contribution in [0.5, 0.6) is 5.75 Å². The van der Waals surface area contributed by atoms with Gasteiger partial charge in [-0.3, -0.25) is 14.3 Å². The molecule has 0 bridgehead atoms. The molecular formula is C22H26F2N4O2. The number of nitrogens with zero attached hydrogens (tertiary/aromatic N) is 3. The molecule has 8 heteroatoms. The van der Waals surface area contributed by atoms with Crippen molar-refractivity contribution in [3.8, 4) is 17.0 Å². The Morgan fingerprint density at radius 3 is 2.73 bits per heavy atom. The molecule has 1 aromatic carbocycles. The molecule has 2 aromatic rings. The summed E-state index contributed by atoms with van der Waals surface area (Å²) < 4.78 is 30.7. The summed E-state index contributed by atoms with van der Waals surface area (Å²) >= 11 is 0. The molecule has 0 spiro atoms. The molecule has 1 N–H and O–H groups in total. The molecule has 1 aromatic heterocycles. The summed E-state index contributed by atoms with van der Waals surface area (Å²) in [5.41, 5.74) is 2.33. The van der Waals surface area contributed by atoms with Crippen LogP contribution in [-0.4, -0.2) is 53.3 Å². The fraction of sp³-hybridized carbons (Fsp3) is 0.455. The van der Waals surface area contributed by atoms with Gasteiger partial charge in [0.05, 0.1) is 5.69 Å². The Kier molecular flexibility index (Phi) is 5.97. The maximum atomic E-state index is 12.8. The Morgan fingerprint density at radius 1 is 1.27 bits per heavy atom. The van der Waals surface area contributed by atoms with Crippen molar-refractivity contribution >= 4 is 6.20 Å². The van der Waals surface area contributed by atoms with Crippen LogP contribution < -0.4 is 15.6 Å². The minimum atomic E-state index is -2.87. The fourth-order valence-corrected chi connectivity index (χ4v) is 4.08. The van der Waals surface area contributed by atoms with Crippen LogP contribution in [-0.2, 0) is 6.42 Å². The van der Waals surface area contributed by atoms with Crippen LogP contribution in [0.15, 0.2) is 40.7 Å². The van der Waals surface area contributed by atoms with Crippen molar-refractivity contribution < 1.29 is 13.5 Å². The molecule has 2 aliphatic rings. The largest absolute Gasteiger partial charge is 0.435 e. The molecule has 0 amide bonds. The zero-order valence-corrected chi connectivity index (χ0v) is 17.1. The van der Waals surface area contributed by atoms with Crippen LogP contribution in [0.25, 0.3) is 17.5 Å². The van der Waals surface area contributed by atoms with E-state index >= 15 is 0 Å². The molecule has 0 aliphatic carbocycles. The second-order valence-corrected chi connectivity index (χ2v) is 8.07. The van der Waals surface area contributed by atoms with E-state index in [0.717, 1.165) is 32.0 Å². The quantitative estimate of drug-likeness (QED) is 0.812. The number of hydrogen-bond donors (Lipinski definition) is 1. The van der Waals surface area contributed by atoms with Crippen LogP contribution in [0.3, 0.4) is 0 Å². The highest BCUT2D eigenvalue weighted by Gasteiger charge is 2.24. The van der Waals surface area contributed by atoms with Crippen molar-refractivity contribution in [1.82, 2.24) is 19.8 Å². The summed E-state index contributed by atoms with van der Waals surface area (Å²) in [5.74, 6) is 1.08. The van der Waals surface area contributed by atoms with E-state index in [4.69, 9.17) is 0 Å². The zero-order chi connectivity index (χ0) is 21.3. The van der Waals surface area contributed by atoms with Crippen LogP contribution in [0.1, 0.15) is 19.7 Å². The topological polar surface area (TPSA) is 59.4 Å². The third-order valence-electron chi connectivity index (χ3n) is 5.68. The van der Waals surface area contributed by atoms with Gasteiger partial charge in [0.2, 0.25) is 0 Å². The number of aromatic nitrogens is 2. The summed E-state index contributed by atoms with van der Waals surface area (Å²) in [6, 6.07) is 8.13. The van der Waals surface area contributed by atoms with E-state index in [1.54, 1.807) is 16.7 Å². The minimum Gasteiger partial charge on any atom is -0.435 e. The lowest BCUT2D eigenvalue weighted by Gasteiger charge is -2.34. The Morgan fingerprint density at radius 2 is 2.03 bits per heavy atom. The van der Waals surface area contributed by atoms with E-state index < -0.39 is 6.61 Å². The number of benzene rings is 1. The highest BCUT2D eigenvalue weighted by atomic mass is 19.3. The molecule has 3 heterocycles. The molecule has 0 radical (unpaired) electrons. The smallest absolute Gasteiger partial charge is 0.387 e. The zero-order valence-electron chi connectivity index (χ0n) is 17.1. The average Bonchev–Trinajstić information content (AvgIpc) is 2.69. The molecular weight excluding hydrogens is 390 g/mol. The van der Waals surface area contributed by atoms with Gasteiger partial charge in [-0.25, -0.2) is 4.98 Å². The lowest BCUT2D eigenvalue weighted by atomic mass is 9.94. The van der Waals surface area contributed by atoms with Gasteiger partial charge in [0, 0.05) is 56.5 Å². The minimum absolute atomic E-state index is 0.0758. The first-order valence-corrected chi connectivity index (χ1v) is 10.2. The van der Waals surface area contributed by atoms with Crippen LogP contribution in [0, 0.1) is 5.92 Å². The summed E-state index contributed by atoms with van der Waals surface area (Å²) in [5, 5.41) is 3.45. The second kappa shape index (κ2) is 8.65. The first kappa shape index (κ1) is 20.7. The van der Waals surface area contributed by atoms with Crippen molar-refractivity contribution in [2.24, 2.45) is 5.92 Å². The summed E-state index contributed by atoms with van der Waals surface area (Å²) in [7, 11) is 0. The van der Waals surface area contributed by atoms with Gasteiger partial charge < -0.3 is 10.1 Å². The van der Waals surface area contributed by atoms with Gasteiger partial charge >= 0.3 is 6.61 Å². The SMILES string of the molecule is CC1Cc2nc(-c3ccc(OC(F)F)cc3)cc(=O)n2C=C1CN1CCN[C@@H](C)C1. The normalized spacial score (nSPS) is 22.0. The van der Waals surface area contributed by atoms with Gasteiger partial charge in [0.15, 0.2) is 0 Å². The van der Waals surface area contributed by atoms with E-state index in [0.29, 0.717) is 29.6 Å². The highest BCUT2D eigenvalue weighted by molar-refractivity contribution is 5.60. The van der Waals surface area contributed by atoms with E-state index in [2.05, 4.69) is 33.8 Å². The molecule has 160 valence electrons. The lowest BCUT2D eigenvalue weighted by molar-refractivity contribution is -0.0498. The highest BCUT2D eigenvalue weighted by Crippen LogP contribution is 2.26. The van der Waals surface area contributed by atoms with Crippen molar-refractivity contribution in [3.63, 3.8) is 0 Å². The van der Waals surface area contributed by atoms with E-state index in [9.17, 15) is 13.6 Å². The van der Waals surface area contributed by atoms with Gasteiger partial charge in [0.25, 0.3) is 5.56 Å². The van der Waals surface area contributed by atoms with Gasteiger partial charge in [0.1, 0.15) is 11.6 Å². The van der Waals surface area contributed by atoms with E-state index in [1.807, 2.05) is 6.20 Å².